The minimum Gasteiger partial charge on any atom is -0.481 e. The molecule has 0 spiro atoms. The monoisotopic (exact) mass is 282 g/mol. The fourth-order valence-corrected chi connectivity index (χ4v) is 3.61. The fraction of sp³-hybridized carbons (Fsp3) is 0.867. The molecular formula is C15H26N2O3. The zero-order chi connectivity index (χ0) is 14.7. The summed E-state index contributed by atoms with van der Waals surface area (Å²) in [6.07, 6.45) is 3.45. The number of rotatable bonds is 5. The second-order valence-corrected chi connectivity index (χ2v) is 6.46. The van der Waals surface area contributed by atoms with Crippen LogP contribution in [0, 0.1) is 23.7 Å². The van der Waals surface area contributed by atoms with Gasteiger partial charge in [0.25, 0.3) is 0 Å². The number of carboxylic acid groups (broad SMARTS) is 1. The number of likely N-dealkylation sites (tertiary alicyclic amines) is 1. The topological polar surface area (TPSA) is 69.6 Å². The molecular weight excluding hydrogens is 256 g/mol. The van der Waals surface area contributed by atoms with E-state index in [1.807, 2.05) is 0 Å². The lowest BCUT2D eigenvalue weighted by Gasteiger charge is -2.17. The van der Waals surface area contributed by atoms with Crippen molar-refractivity contribution in [3.8, 4) is 0 Å². The Hall–Kier alpha value is -1.10. The van der Waals surface area contributed by atoms with Crippen LogP contribution in [0.2, 0.25) is 0 Å². The van der Waals surface area contributed by atoms with Gasteiger partial charge in [-0.1, -0.05) is 13.3 Å². The summed E-state index contributed by atoms with van der Waals surface area (Å²) in [5, 5.41) is 12.3. The van der Waals surface area contributed by atoms with Crippen molar-refractivity contribution in [2.45, 2.75) is 32.6 Å². The minimum atomic E-state index is -0.818. The van der Waals surface area contributed by atoms with Crippen molar-refractivity contribution in [2.75, 3.05) is 26.7 Å². The quantitative estimate of drug-likeness (QED) is 0.795. The lowest BCUT2D eigenvalue weighted by molar-refractivity contribution is -0.146. The van der Waals surface area contributed by atoms with Crippen LogP contribution in [-0.2, 0) is 9.59 Å². The van der Waals surface area contributed by atoms with Crippen LogP contribution in [0.25, 0.3) is 0 Å². The maximum Gasteiger partial charge on any atom is 0.307 e. The van der Waals surface area contributed by atoms with Crippen molar-refractivity contribution < 1.29 is 14.7 Å². The lowest BCUT2D eigenvalue weighted by atomic mass is 9.95. The summed E-state index contributed by atoms with van der Waals surface area (Å²) in [7, 11) is 2.09. The Balaban J connectivity index is 1.85. The number of nitrogens with one attached hydrogen (secondary N) is 1. The Bertz CT molecular complexity index is 372. The van der Waals surface area contributed by atoms with E-state index < -0.39 is 11.9 Å². The van der Waals surface area contributed by atoms with Crippen LogP contribution >= 0.6 is 0 Å². The van der Waals surface area contributed by atoms with E-state index in [-0.39, 0.29) is 11.8 Å². The number of aliphatic carboxylic acids is 1. The number of nitrogens with zero attached hydrogens (tertiary/aromatic N) is 1. The number of amides is 1. The average Bonchev–Trinajstić information content (AvgIpc) is 3.02. The first-order valence-electron chi connectivity index (χ1n) is 7.70. The molecule has 0 bridgehead atoms. The Morgan fingerprint density at radius 2 is 1.95 bits per heavy atom. The second kappa shape index (κ2) is 6.57. The molecule has 5 heteroatoms. The van der Waals surface area contributed by atoms with Gasteiger partial charge in [-0.05, 0) is 44.7 Å². The van der Waals surface area contributed by atoms with Crippen LogP contribution in [0.3, 0.4) is 0 Å². The van der Waals surface area contributed by atoms with Crippen LogP contribution in [0.1, 0.15) is 32.6 Å². The molecule has 1 aliphatic carbocycles. The smallest absolute Gasteiger partial charge is 0.307 e. The van der Waals surface area contributed by atoms with E-state index in [0.29, 0.717) is 24.8 Å². The predicted octanol–water partition coefficient (Wildman–Crippen LogP) is 1.19. The largest absolute Gasteiger partial charge is 0.481 e. The van der Waals surface area contributed by atoms with Gasteiger partial charge in [0.1, 0.15) is 0 Å². The number of hydrogen-bond acceptors (Lipinski definition) is 3. The first-order valence-corrected chi connectivity index (χ1v) is 7.70. The van der Waals surface area contributed by atoms with Crippen molar-refractivity contribution in [3.63, 3.8) is 0 Å². The summed E-state index contributed by atoms with van der Waals surface area (Å²) in [5.74, 6) is -0.813. The van der Waals surface area contributed by atoms with Crippen molar-refractivity contribution in [1.29, 1.82) is 0 Å². The molecule has 2 unspecified atom stereocenters. The number of carbonyl (C=O) groups is 2. The standard InChI is InChI=1S/C15H26N2O3/c1-3-10-6-12(13(7-10)15(19)20)14(18)16-8-11-4-5-17(2)9-11/h10-13H,3-9H2,1-2H3,(H,16,18)(H,19,20)/t10?,11?,12-,13+/m0/s1. The molecule has 20 heavy (non-hydrogen) atoms. The zero-order valence-corrected chi connectivity index (χ0v) is 12.5. The average molecular weight is 282 g/mol. The van der Waals surface area contributed by atoms with Gasteiger partial charge in [0.2, 0.25) is 5.91 Å². The molecule has 0 aromatic rings. The summed E-state index contributed by atoms with van der Waals surface area (Å²) in [6.45, 7) is 4.85. The SMILES string of the molecule is CCC1C[C@H](C(=O)NCC2CCN(C)C2)[C@H](C(=O)O)C1. The molecule has 2 N–H and O–H groups in total. The fourth-order valence-electron chi connectivity index (χ4n) is 3.61. The highest BCUT2D eigenvalue weighted by Crippen LogP contribution is 2.38. The van der Waals surface area contributed by atoms with E-state index >= 15 is 0 Å². The molecule has 1 saturated heterocycles. The number of hydrogen-bond donors (Lipinski definition) is 2. The molecule has 0 radical (unpaired) electrons. The van der Waals surface area contributed by atoms with Gasteiger partial charge in [-0.15, -0.1) is 0 Å². The van der Waals surface area contributed by atoms with Gasteiger partial charge < -0.3 is 15.3 Å². The van der Waals surface area contributed by atoms with Gasteiger partial charge in [-0.25, -0.2) is 0 Å². The van der Waals surface area contributed by atoms with Gasteiger partial charge in [0.15, 0.2) is 0 Å². The van der Waals surface area contributed by atoms with Gasteiger partial charge in [-0.3, -0.25) is 9.59 Å². The molecule has 0 aromatic heterocycles. The lowest BCUT2D eigenvalue weighted by Crippen LogP contribution is -2.38. The van der Waals surface area contributed by atoms with Crippen LogP contribution in [0.4, 0.5) is 0 Å². The van der Waals surface area contributed by atoms with E-state index in [1.54, 1.807) is 0 Å². The first kappa shape index (κ1) is 15.3. The highest BCUT2D eigenvalue weighted by molar-refractivity contribution is 5.85. The van der Waals surface area contributed by atoms with E-state index in [1.165, 1.54) is 0 Å². The van der Waals surface area contributed by atoms with Crippen LogP contribution in [0.5, 0.6) is 0 Å². The zero-order valence-electron chi connectivity index (χ0n) is 12.5. The maximum atomic E-state index is 12.3. The van der Waals surface area contributed by atoms with Crippen LogP contribution in [0.15, 0.2) is 0 Å². The van der Waals surface area contributed by atoms with Gasteiger partial charge in [0, 0.05) is 13.1 Å². The molecule has 114 valence electrons. The van der Waals surface area contributed by atoms with Gasteiger partial charge >= 0.3 is 5.97 Å². The molecule has 1 aliphatic heterocycles. The van der Waals surface area contributed by atoms with E-state index in [2.05, 4.69) is 24.2 Å². The normalized spacial score (nSPS) is 34.3. The highest BCUT2D eigenvalue weighted by atomic mass is 16.4. The number of carbonyl (C=O) groups excluding carboxylic acids is 1. The Labute approximate surface area is 120 Å². The molecule has 1 heterocycles. The third-order valence-electron chi connectivity index (χ3n) is 4.95. The molecule has 5 nitrogen and oxygen atoms in total. The van der Waals surface area contributed by atoms with Gasteiger partial charge in [-0.2, -0.15) is 0 Å². The predicted molar refractivity (Wildman–Crippen MR) is 76.2 cm³/mol. The summed E-state index contributed by atoms with van der Waals surface area (Å²) in [6, 6.07) is 0. The summed E-state index contributed by atoms with van der Waals surface area (Å²) in [5.41, 5.74) is 0. The summed E-state index contributed by atoms with van der Waals surface area (Å²) < 4.78 is 0. The molecule has 2 rings (SSSR count). The molecule has 0 aromatic carbocycles. The minimum absolute atomic E-state index is 0.0529. The molecule has 1 saturated carbocycles. The number of carboxylic acids is 1. The van der Waals surface area contributed by atoms with Crippen LogP contribution < -0.4 is 5.32 Å². The van der Waals surface area contributed by atoms with Crippen molar-refractivity contribution in [1.82, 2.24) is 10.2 Å². The molecule has 2 fully saturated rings. The summed E-state index contributed by atoms with van der Waals surface area (Å²) in [4.78, 5) is 25.8. The molecule has 2 aliphatic rings. The Morgan fingerprint density at radius 3 is 2.50 bits per heavy atom. The Kier molecular flexibility index (Phi) is 5.02. The van der Waals surface area contributed by atoms with Crippen LogP contribution in [-0.4, -0.2) is 48.6 Å². The van der Waals surface area contributed by atoms with Crippen molar-refractivity contribution >= 4 is 11.9 Å². The summed E-state index contributed by atoms with van der Waals surface area (Å²) >= 11 is 0. The second-order valence-electron chi connectivity index (χ2n) is 6.46. The van der Waals surface area contributed by atoms with Gasteiger partial charge in [0.05, 0.1) is 11.8 Å². The highest BCUT2D eigenvalue weighted by Gasteiger charge is 2.42. The third-order valence-corrected chi connectivity index (χ3v) is 4.95. The van der Waals surface area contributed by atoms with E-state index in [9.17, 15) is 14.7 Å². The van der Waals surface area contributed by atoms with E-state index in [0.717, 1.165) is 32.4 Å². The van der Waals surface area contributed by atoms with Crippen molar-refractivity contribution in [2.24, 2.45) is 23.7 Å². The maximum absolute atomic E-state index is 12.3. The van der Waals surface area contributed by atoms with E-state index in [4.69, 9.17) is 0 Å². The first-order chi connectivity index (χ1) is 9.51. The molecule has 4 atom stereocenters. The molecule has 1 amide bonds. The third kappa shape index (κ3) is 3.51. The Morgan fingerprint density at radius 1 is 1.25 bits per heavy atom. The van der Waals surface area contributed by atoms with Crippen molar-refractivity contribution in [3.05, 3.63) is 0 Å².